The summed E-state index contributed by atoms with van der Waals surface area (Å²) in [6.45, 7) is 8.53. The van der Waals surface area contributed by atoms with Crippen molar-refractivity contribution < 1.29 is 17.9 Å². The number of hydrogen-bond donors (Lipinski definition) is 1. The fourth-order valence-corrected chi connectivity index (χ4v) is 6.21. The Bertz CT molecular complexity index is 1630. The summed E-state index contributed by atoms with van der Waals surface area (Å²) in [7, 11) is 1.58. The molecule has 1 N–H and O–H groups in total. The van der Waals surface area contributed by atoms with Gasteiger partial charge in [-0.05, 0) is 58.9 Å². The number of rotatable bonds is 9. The Labute approximate surface area is 260 Å². The molecule has 4 heterocycles. The van der Waals surface area contributed by atoms with Crippen LogP contribution >= 0.6 is 0 Å². The lowest BCUT2D eigenvalue weighted by Crippen LogP contribution is -2.51. The summed E-state index contributed by atoms with van der Waals surface area (Å²) in [5.74, 6) is 2.05. The minimum absolute atomic E-state index is 0.136. The van der Waals surface area contributed by atoms with Gasteiger partial charge < -0.3 is 19.5 Å². The van der Waals surface area contributed by atoms with Gasteiger partial charge in [-0.2, -0.15) is 18.2 Å². The van der Waals surface area contributed by atoms with E-state index < -0.39 is 11.9 Å². The number of ether oxygens (including phenoxy) is 1. The standard InChI is InChI=1S/C32H38F3N9O/c1-18(2)43-15-25(32(33,34)35)41-29(43)23-8-6-21(7-9-23)14-44(24-12-19(3)40-20(4)13-24)31-39-17-37-28(42-31)26-27(22-10-11-22)36-16-38-30(26)45-5/h6-9,15-20,22,24,40H,10-14H2,1-5H3/t19-,20-/m0/s1. The molecule has 2 aliphatic rings. The quantitative estimate of drug-likeness (QED) is 0.233. The molecule has 2 atom stereocenters. The second-order valence-electron chi connectivity index (χ2n) is 12.4. The zero-order valence-corrected chi connectivity index (χ0v) is 26.1. The van der Waals surface area contributed by atoms with Crippen LogP contribution in [0.5, 0.6) is 5.88 Å². The van der Waals surface area contributed by atoms with Crippen molar-refractivity contribution in [2.75, 3.05) is 12.0 Å². The van der Waals surface area contributed by atoms with E-state index in [1.165, 1.54) is 12.7 Å². The SMILES string of the molecule is COc1ncnc(C2CC2)c1-c1ncnc(N(Cc2ccc(-c3nc(C(F)(F)F)cn3C(C)C)cc2)C2C[C@H](C)N[C@@H](C)C2)n1. The van der Waals surface area contributed by atoms with Crippen LogP contribution in [0.4, 0.5) is 19.1 Å². The minimum Gasteiger partial charge on any atom is -0.480 e. The first-order valence-electron chi connectivity index (χ1n) is 15.4. The zero-order chi connectivity index (χ0) is 31.9. The molecule has 0 radical (unpaired) electrons. The number of hydrogen-bond acceptors (Lipinski definition) is 9. The van der Waals surface area contributed by atoms with Crippen LogP contribution in [0, 0.1) is 0 Å². The van der Waals surface area contributed by atoms with Crippen molar-refractivity contribution in [1.82, 2.24) is 39.8 Å². The second-order valence-corrected chi connectivity index (χ2v) is 12.4. The molecule has 13 heteroatoms. The average molecular weight is 622 g/mol. The number of piperidine rings is 1. The number of nitrogens with zero attached hydrogens (tertiary/aromatic N) is 8. The molecule has 45 heavy (non-hydrogen) atoms. The van der Waals surface area contributed by atoms with Crippen LogP contribution in [-0.4, -0.2) is 59.7 Å². The number of nitrogens with one attached hydrogen (secondary N) is 1. The fraction of sp³-hybridized carbons (Fsp3) is 0.500. The van der Waals surface area contributed by atoms with Gasteiger partial charge in [0.25, 0.3) is 0 Å². The van der Waals surface area contributed by atoms with Gasteiger partial charge in [-0.15, -0.1) is 0 Å². The molecule has 1 aliphatic heterocycles. The monoisotopic (exact) mass is 621 g/mol. The molecule has 0 amide bonds. The lowest BCUT2D eigenvalue weighted by Gasteiger charge is -2.40. The number of methoxy groups -OCH3 is 1. The molecule has 6 rings (SSSR count). The first-order chi connectivity index (χ1) is 21.5. The van der Waals surface area contributed by atoms with Gasteiger partial charge >= 0.3 is 6.18 Å². The highest BCUT2D eigenvalue weighted by molar-refractivity contribution is 5.66. The summed E-state index contributed by atoms with van der Waals surface area (Å²) in [5.41, 5.74) is 2.27. The van der Waals surface area contributed by atoms with Crippen LogP contribution in [0.15, 0.2) is 43.1 Å². The van der Waals surface area contributed by atoms with Gasteiger partial charge in [0, 0.05) is 48.4 Å². The minimum atomic E-state index is -4.52. The number of alkyl halides is 3. The highest BCUT2D eigenvalue weighted by Crippen LogP contribution is 2.45. The predicted octanol–water partition coefficient (Wildman–Crippen LogP) is 6.21. The summed E-state index contributed by atoms with van der Waals surface area (Å²) in [4.78, 5) is 29.2. The topological polar surface area (TPSA) is 107 Å². The molecule has 3 aromatic heterocycles. The molecule has 2 fully saturated rings. The summed E-state index contributed by atoms with van der Waals surface area (Å²) < 4.78 is 47.6. The van der Waals surface area contributed by atoms with Gasteiger partial charge in [0.1, 0.15) is 24.0 Å². The zero-order valence-electron chi connectivity index (χ0n) is 26.1. The van der Waals surface area contributed by atoms with Crippen LogP contribution in [0.1, 0.15) is 82.3 Å². The highest BCUT2D eigenvalue weighted by atomic mass is 19.4. The molecule has 1 saturated carbocycles. The molecule has 0 spiro atoms. The first-order valence-corrected chi connectivity index (χ1v) is 15.4. The number of imidazole rings is 1. The van der Waals surface area contributed by atoms with E-state index >= 15 is 0 Å². The maximum atomic E-state index is 13.5. The third-order valence-corrected chi connectivity index (χ3v) is 8.44. The lowest BCUT2D eigenvalue weighted by molar-refractivity contribution is -0.140. The maximum absolute atomic E-state index is 13.5. The van der Waals surface area contributed by atoms with Crippen molar-refractivity contribution in [2.24, 2.45) is 0 Å². The highest BCUT2D eigenvalue weighted by Gasteiger charge is 2.36. The van der Waals surface area contributed by atoms with Crippen molar-refractivity contribution in [3.05, 3.63) is 60.1 Å². The van der Waals surface area contributed by atoms with Gasteiger partial charge in [0.15, 0.2) is 11.5 Å². The van der Waals surface area contributed by atoms with E-state index in [9.17, 15) is 13.2 Å². The molecule has 0 unspecified atom stereocenters. The van der Waals surface area contributed by atoms with E-state index in [2.05, 4.69) is 49.0 Å². The molecule has 238 valence electrons. The Kier molecular flexibility index (Phi) is 8.47. The summed E-state index contributed by atoms with van der Waals surface area (Å²) in [5, 5.41) is 3.61. The summed E-state index contributed by atoms with van der Waals surface area (Å²) in [6, 6.07) is 8.07. The van der Waals surface area contributed by atoms with Gasteiger partial charge in [0.05, 0.1) is 12.8 Å². The third kappa shape index (κ3) is 6.63. The number of aromatic nitrogens is 7. The van der Waals surface area contributed by atoms with Crippen LogP contribution in [0.2, 0.25) is 0 Å². The Morgan fingerprint density at radius 3 is 2.29 bits per heavy atom. The van der Waals surface area contributed by atoms with Crippen molar-refractivity contribution in [2.45, 2.75) is 96.2 Å². The number of anilines is 1. The number of halogens is 3. The second kappa shape index (κ2) is 12.3. The Hall–Kier alpha value is -4.13. The van der Waals surface area contributed by atoms with Gasteiger partial charge in [-0.1, -0.05) is 24.3 Å². The summed E-state index contributed by atoms with van der Waals surface area (Å²) >= 11 is 0. The third-order valence-electron chi connectivity index (χ3n) is 8.44. The van der Waals surface area contributed by atoms with Gasteiger partial charge in [-0.25, -0.2) is 24.9 Å². The van der Waals surface area contributed by atoms with E-state index in [-0.39, 0.29) is 17.9 Å². The van der Waals surface area contributed by atoms with Crippen molar-refractivity contribution in [3.8, 4) is 28.7 Å². The van der Waals surface area contributed by atoms with Crippen molar-refractivity contribution >= 4 is 5.95 Å². The maximum Gasteiger partial charge on any atom is 0.434 e. The Morgan fingerprint density at radius 1 is 0.978 bits per heavy atom. The van der Waals surface area contributed by atoms with Gasteiger partial charge in [0.2, 0.25) is 11.8 Å². The first kappa shape index (κ1) is 30.9. The lowest BCUT2D eigenvalue weighted by atomic mass is 9.93. The van der Waals surface area contributed by atoms with E-state index in [1.807, 2.05) is 38.1 Å². The largest absolute Gasteiger partial charge is 0.480 e. The van der Waals surface area contributed by atoms with Gasteiger partial charge in [-0.3, -0.25) is 0 Å². The smallest absolute Gasteiger partial charge is 0.434 e. The molecular weight excluding hydrogens is 583 g/mol. The molecule has 10 nitrogen and oxygen atoms in total. The van der Waals surface area contributed by atoms with Crippen LogP contribution in [0.3, 0.4) is 0 Å². The molecular formula is C32H38F3N9O. The van der Waals surface area contributed by atoms with Crippen LogP contribution in [-0.2, 0) is 12.7 Å². The average Bonchev–Trinajstić information content (AvgIpc) is 3.75. The molecule has 1 aromatic carbocycles. The van der Waals surface area contributed by atoms with E-state index in [0.717, 1.165) is 43.1 Å². The molecule has 1 aliphatic carbocycles. The fourth-order valence-electron chi connectivity index (χ4n) is 6.21. The normalized spacial score (nSPS) is 20.4. The van der Waals surface area contributed by atoms with Crippen LogP contribution in [0.25, 0.3) is 22.8 Å². The predicted molar refractivity (Wildman–Crippen MR) is 164 cm³/mol. The van der Waals surface area contributed by atoms with E-state index in [0.29, 0.717) is 53.3 Å². The van der Waals surface area contributed by atoms with Crippen molar-refractivity contribution in [3.63, 3.8) is 0 Å². The summed E-state index contributed by atoms with van der Waals surface area (Å²) in [6.07, 6.45) is 3.48. The molecule has 4 aromatic rings. The molecule has 0 bridgehead atoms. The Balaban J connectivity index is 1.35. The van der Waals surface area contributed by atoms with Crippen molar-refractivity contribution in [1.29, 1.82) is 0 Å². The molecule has 1 saturated heterocycles. The van der Waals surface area contributed by atoms with Crippen LogP contribution < -0.4 is 15.0 Å². The number of benzene rings is 1. The Morgan fingerprint density at radius 2 is 1.67 bits per heavy atom. The van der Waals surface area contributed by atoms with E-state index in [1.54, 1.807) is 11.7 Å². The van der Waals surface area contributed by atoms with E-state index in [4.69, 9.17) is 9.72 Å².